The van der Waals surface area contributed by atoms with Crippen LogP contribution in [0.3, 0.4) is 0 Å². The number of carbonyl (C=O) groups excluding carboxylic acids is 2. The van der Waals surface area contributed by atoms with E-state index in [1.807, 2.05) is 0 Å². The van der Waals surface area contributed by atoms with Crippen molar-refractivity contribution in [3.05, 3.63) is 46.3 Å². The number of amides is 2. The van der Waals surface area contributed by atoms with Crippen LogP contribution in [0.5, 0.6) is 11.5 Å². The van der Waals surface area contributed by atoms with Crippen LogP contribution in [0.1, 0.15) is 16.1 Å². The highest BCUT2D eigenvalue weighted by Gasteiger charge is 2.12. The lowest BCUT2D eigenvalue weighted by Gasteiger charge is -2.10. The summed E-state index contributed by atoms with van der Waals surface area (Å²) in [5.41, 5.74) is 0.820. The molecule has 0 unspecified atom stereocenters. The highest BCUT2D eigenvalue weighted by atomic mass is 79.9. The number of methoxy groups -OCH3 is 2. The van der Waals surface area contributed by atoms with Gasteiger partial charge in [-0.05, 0) is 45.8 Å². The van der Waals surface area contributed by atoms with Gasteiger partial charge in [0.25, 0.3) is 5.91 Å². The van der Waals surface area contributed by atoms with Crippen molar-refractivity contribution in [1.29, 1.82) is 0 Å². The summed E-state index contributed by atoms with van der Waals surface area (Å²) in [6.07, 6.45) is 0. The molecule has 0 atom stereocenters. The van der Waals surface area contributed by atoms with E-state index in [4.69, 9.17) is 13.9 Å². The van der Waals surface area contributed by atoms with Gasteiger partial charge in [0.1, 0.15) is 11.5 Å². The maximum absolute atomic E-state index is 11.8. The van der Waals surface area contributed by atoms with Gasteiger partial charge in [-0.15, -0.1) is 0 Å². The molecule has 2 rings (SSSR count). The van der Waals surface area contributed by atoms with Crippen LogP contribution in [-0.2, 0) is 11.3 Å². The highest BCUT2D eigenvalue weighted by Crippen LogP contribution is 2.22. The van der Waals surface area contributed by atoms with Gasteiger partial charge in [-0.3, -0.25) is 9.59 Å². The topological polar surface area (TPSA) is 89.8 Å². The third kappa shape index (κ3) is 5.02. The lowest BCUT2D eigenvalue weighted by Crippen LogP contribution is -2.36. The number of furan rings is 1. The SMILES string of the molecule is COc1cc(CNC(=O)CNC(=O)c2ccc(Br)o2)cc(OC)c1. The Labute approximate surface area is 147 Å². The number of hydrogen-bond acceptors (Lipinski definition) is 5. The zero-order chi connectivity index (χ0) is 17.5. The fraction of sp³-hybridized carbons (Fsp3) is 0.250. The van der Waals surface area contributed by atoms with Gasteiger partial charge in [-0.1, -0.05) is 0 Å². The fourth-order valence-corrected chi connectivity index (χ4v) is 2.22. The van der Waals surface area contributed by atoms with Crippen molar-refractivity contribution in [2.75, 3.05) is 20.8 Å². The number of ether oxygens (including phenoxy) is 2. The van der Waals surface area contributed by atoms with E-state index >= 15 is 0 Å². The van der Waals surface area contributed by atoms with Crippen molar-refractivity contribution in [3.8, 4) is 11.5 Å². The number of rotatable bonds is 7. The molecule has 1 heterocycles. The third-order valence-corrected chi connectivity index (χ3v) is 3.53. The Morgan fingerprint density at radius 1 is 1.08 bits per heavy atom. The Morgan fingerprint density at radius 2 is 1.75 bits per heavy atom. The first-order valence-corrected chi connectivity index (χ1v) is 7.83. The van der Waals surface area contributed by atoms with E-state index in [1.165, 1.54) is 6.07 Å². The summed E-state index contributed by atoms with van der Waals surface area (Å²) in [5.74, 6) is 0.618. The Bertz CT molecular complexity index is 707. The van der Waals surface area contributed by atoms with Crippen LogP contribution >= 0.6 is 15.9 Å². The summed E-state index contributed by atoms with van der Waals surface area (Å²) in [5, 5.41) is 5.19. The zero-order valence-corrected chi connectivity index (χ0v) is 14.8. The van der Waals surface area contributed by atoms with Gasteiger partial charge in [-0.2, -0.15) is 0 Å². The predicted molar refractivity (Wildman–Crippen MR) is 90.1 cm³/mol. The van der Waals surface area contributed by atoms with Crippen molar-refractivity contribution in [2.45, 2.75) is 6.54 Å². The number of benzene rings is 1. The first-order chi connectivity index (χ1) is 11.5. The molecule has 0 spiro atoms. The van der Waals surface area contributed by atoms with Crippen LogP contribution < -0.4 is 20.1 Å². The second-order valence-electron chi connectivity index (χ2n) is 4.78. The van der Waals surface area contributed by atoms with Gasteiger partial charge in [-0.25, -0.2) is 0 Å². The summed E-state index contributed by atoms with van der Waals surface area (Å²) in [4.78, 5) is 23.6. The van der Waals surface area contributed by atoms with E-state index in [1.54, 1.807) is 38.5 Å². The Kier molecular flexibility index (Phi) is 6.25. The first-order valence-electron chi connectivity index (χ1n) is 7.04. The quantitative estimate of drug-likeness (QED) is 0.747. The van der Waals surface area contributed by atoms with E-state index in [2.05, 4.69) is 26.6 Å². The molecule has 7 nitrogen and oxygen atoms in total. The molecule has 2 aromatic rings. The number of carbonyl (C=O) groups is 2. The molecule has 128 valence electrons. The van der Waals surface area contributed by atoms with Crippen molar-refractivity contribution < 1.29 is 23.5 Å². The van der Waals surface area contributed by atoms with Gasteiger partial charge < -0.3 is 24.5 Å². The number of nitrogens with one attached hydrogen (secondary N) is 2. The minimum Gasteiger partial charge on any atom is -0.497 e. The van der Waals surface area contributed by atoms with Crippen molar-refractivity contribution in [1.82, 2.24) is 10.6 Å². The summed E-state index contributed by atoms with van der Waals surface area (Å²) in [6.45, 7) is 0.132. The van der Waals surface area contributed by atoms with E-state index in [0.29, 0.717) is 16.2 Å². The van der Waals surface area contributed by atoms with Gasteiger partial charge in [0.2, 0.25) is 5.91 Å². The lowest BCUT2D eigenvalue weighted by molar-refractivity contribution is -0.120. The maximum Gasteiger partial charge on any atom is 0.287 e. The van der Waals surface area contributed by atoms with E-state index in [9.17, 15) is 9.59 Å². The molecular weight excluding hydrogens is 380 g/mol. The predicted octanol–water partition coefficient (Wildman–Crippen LogP) is 2.11. The van der Waals surface area contributed by atoms with E-state index < -0.39 is 5.91 Å². The molecule has 0 aliphatic carbocycles. The van der Waals surface area contributed by atoms with Crippen LogP contribution in [-0.4, -0.2) is 32.6 Å². The van der Waals surface area contributed by atoms with Gasteiger partial charge in [0.15, 0.2) is 10.4 Å². The summed E-state index contributed by atoms with van der Waals surface area (Å²) < 4.78 is 15.9. The van der Waals surface area contributed by atoms with E-state index in [-0.39, 0.29) is 24.8 Å². The average molecular weight is 397 g/mol. The lowest BCUT2D eigenvalue weighted by atomic mass is 10.2. The van der Waals surface area contributed by atoms with Gasteiger partial charge in [0, 0.05) is 12.6 Å². The van der Waals surface area contributed by atoms with Crippen LogP contribution in [0.25, 0.3) is 0 Å². The Balaban J connectivity index is 1.84. The molecule has 0 saturated heterocycles. The Morgan fingerprint density at radius 3 is 2.29 bits per heavy atom. The fourth-order valence-electron chi connectivity index (χ4n) is 1.92. The van der Waals surface area contributed by atoms with Crippen molar-refractivity contribution in [3.63, 3.8) is 0 Å². The molecule has 1 aromatic heterocycles. The molecule has 1 aromatic carbocycles. The van der Waals surface area contributed by atoms with Crippen LogP contribution in [0, 0.1) is 0 Å². The van der Waals surface area contributed by atoms with Gasteiger partial charge in [0.05, 0.1) is 20.8 Å². The zero-order valence-electron chi connectivity index (χ0n) is 13.2. The monoisotopic (exact) mass is 396 g/mol. The normalized spacial score (nSPS) is 10.1. The molecule has 2 N–H and O–H groups in total. The summed E-state index contributed by atoms with van der Waals surface area (Å²) >= 11 is 3.11. The van der Waals surface area contributed by atoms with Crippen LogP contribution in [0.2, 0.25) is 0 Å². The van der Waals surface area contributed by atoms with Crippen molar-refractivity contribution in [2.24, 2.45) is 0 Å². The van der Waals surface area contributed by atoms with Crippen LogP contribution in [0.15, 0.2) is 39.4 Å². The standard InChI is InChI=1S/C16H17BrN2O5/c1-22-11-5-10(6-12(7-11)23-2)8-18-15(20)9-19-16(21)13-3-4-14(17)24-13/h3-7H,8-9H2,1-2H3,(H,18,20)(H,19,21). The summed E-state index contributed by atoms with van der Waals surface area (Å²) in [6, 6.07) is 8.45. The van der Waals surface area contributed by atoms with E-state index in [0.717, 1.165) is 5.56 Å². The molecule has 0 radical (unpaired) electrons. The molecular formula is C16H17BrN2O5. The number of halogens is 1. The molecule has 0 aliphatic rings. The van der Waals surface area contributed by atoms with Gasteiger partial charge >= 0.3 is 0 Å². The highest BCUT2D eigenvalue weighted by molar-refractivity contribution is 9.10. The smallest absolute Gasteiger partial charge is 0.287 e. The molecule has 0 saturated carbocycles. The minimum absolute atomic E-state index is 0.132. The maximum atomic E-state index is 11.8. The molecule has 0 aliphatic heterocycles. The van der Waals surface area contributed by atoms with Crippen LogP contribution in [0.4, 0.5) is 0 Å². The molecule has 2 amide bonds. The second kappa shape index (κ2) is 8.39. The minimum atomic E-state index is -0.459. The first kappa shape index (κ1) is 17.9. The average Bonchev–Trinajstić information content (AvgIpc) is 3.03. The molecule has 24 heavy (non-hydrogen) atoms. The second-order valence-corrected chi connectivity index (χ2v) is 5.57. The Hall–Kier alpha value is -2.48. The largest absolute Gasteiger partial charge is 0.497 e. The molecule has 8 heteroatoms. The molecule has 0 fully saturated rings. The third-order valence-electron chi connectivity index (χ3n) is 3.11. The van der Waals surface area contributed by atoms with Crippen molar-refractivity contribution >= 4 is 27.7 Å². The molecule has 0 bridgehead atoms. The number of hydrogen-bond donors (Lipinski definition) is 2. The summed E-state index contributed by atoms with van der Waals surface area (Å²) in [7, 11) is 3.11.